The summed E-state index contributed by atoms with van der Waals surface area (Å²) in [4.78, 5) is 30.7. The van der Waals surface area contributed by atoms with E-state index in [1.807, 2.05) is 0 Å². The van der Waals surface area contributed by atoms with Crippen LogP contribution in [0, 0.1) is 0 Å². The summed E-state index contributed by atoms with van der Waals surface area (Å²) in [5, 5.41) is 4.58. The molecule has 0 bridgehead atoms. The third-order valence-electron chi connectivity index (χ3n) is 1.04. The number of primary amides is 1. The smallest absolute Gasteiger partial charge is 0.236 e. The SMILES string of the molecule is NC(=O)CNC(=O)CCNC=O. The van der Waals surface area contributed by atoms with Gasteiger partial charge in [0.25, 0.3) is 0 Å². The van der Waals surface area contributed by atoms with Gasteiger partial charge in [-0.15, -0.1) is 0 Å². The minimum atomic E-state index is -0.591. The summed E-state index contributed by atoms with van der Waals surface area (Å²) in [5.74, 6) is -0.908. The fourth-order valence-corrected chi connectivity index (χ4v) is 0.519. The number of carbonyl (C=O) groups is 3. The van der Waals surface area contributed by atoms with Gasteiger partial charge in [0.2, 0.25) is 18.2 Å². The van der Waals surface area contributed by atoms with E-state index < -0.39 is 5.91 Å². The van der Waals surface area contributed by atoms with Gasteiger partial charge in [-0.25, -0.2) is 0 Å². The molecule has 0 saturated heterocycles. The Hall–Kier alpha value is -1.59. The molecule has 0 unspecified atom stereocenters. The zero-order chi connectivity index (χ0) is 9.40. The minimum absolute atomic E-state index is 0.145. The van der Waals surface area contributed by atoms with Crippen LogP contribution in [-0.4, -0.2) is 31.3 Å². The van der Waals surface area contributed by atoms with Crippen molar-refractivity contribution in [3.63, 3.8) is 0 Å². The molecule has 0 rings (SSSR count). The van der Waals surface area contributed by atoms with E-state index in [9.17, 15) is 14.4 Å². The summed E-state index contributed by atoms with van der Waals surface area (Å²) in [6.45, 7) is 0.0913. The molecule has 12 heavy (non-hydrogen) atoms. The summed E-state index contributed by atoms with van der Waals surface area (Å²) in [7, 11) is 0. The lowest BCUT2D eigenvalue weighted by Gasteiger charge is -2.00. The molecule has 0 atom stereocenters. The van der Waals surface area contributed by atoms with E-state index in [-0.39, 0.29) is 25.4 Å². The fourth-order valence-electron chi connectivity index (χ4n) is 0.519. The van der Waals surface area contributed by atoms with Gasteiger partial charge in [-0.1, -0.05) is 0 Å². The molecule has 4 N–H and O–H groups in total. The summed E-state index contributed by atoms with van der Waals surface area (Å²) < 4.78 is 0. The molecule has 0 aliphatic heterocycles. The molecule has 0 aliphatic carbocycles. The van der Waals surface area contributed by atoms with Crippen LogP contribution in [0.2, 0.25) is 0 Å². The first-order valence-corrected chi connectivity index (χ1v) is 3.39. The fraction of sp³-hybridized carbons (Fsp3) is 0.500. The molecule has 0 spiro atoms. The summed E-state index contributed by atoms with van der Waals surface area (Å²) >= 11 is 0. The second-order valence-electron chi connectivity index (χ2n) is 2.07. The summed E-state index contributed by atoms with van der Waals surface area (Å²) in [6, 6.07) is 0. The Labute approximate surface area is 69.5 Å². The molecule has 0 fully saturated rings. The van der Waals surface area contributed by atoms with Crippen molar-refractivity contribution in [2.75, 3.05) is 13.1 Å². The Kier molecular flexibility index (Phi) is 5.33. The highest BCUT2D eigenvalue weighted by Gasteiger charge is 2.00. The van der Waals surface area contributed by atoms with Crippen molar-refractivity contribution in [1.29, 1.82) is 0 Å². The molecular formula is C6H11N3O3. The van der Waals surface area contributed by atoms with E-state index in [1.165, 1.54) is 0 Å². The molecule has 0 heterocycles. The van der Waals surface area contributed by atoms with E-state index in [0.29, 0.717) is 6.41 Å². The first kappa shape index (κ1) is 10.4. The third-order valence-corrected chi connectivity index (χ3v) is 1.04. The molecule has 0 radical (unpaired) electrons. The maximum absolute atomic E-state index is 10.7. The molecule has 0 aliphatic rings. The number of rotatable bonds is 6. The van der Waals surface area contributed by atoms with Crippen molar-refractivity contribution >= 4 is 18.2 Å². The second-order valence-corrected chi connectivity index (χ2v) is 2.07. The molecule has 0 aromatic rings. The van der Waals surface area contributed by atoms with Crippen LogP contribution in [0.15, 0.2) is 0 Å². The number of amides is 3. The van der Waals surface area contributed by atoms with Crippen LogP contribution in [0.1, 0.15) is 6.42 Å². The van der Waals surface area contributed by atoms with Crippen molar-refractivity contribution in [1.82, 2.24) is 10.6 Å². The molecule has 0 aromatic heterocycles. The van der Waals surface area contributed by atoms with E-state index in [1.54, 1.807) is 0 Å². The maximum atomic E-state index is 10.7. The van der Waals surface area contributed by atoms with Crippen LogP contribution in [0.4, 0.5) is 0 Å². The van der Waals surface area contributed by atoms with Crippen LogP contribution in [0.25, 0.3) is 0 Å². The molecule has 68 valence electrons. The maximum Gasteiger partial charge on any atom is 0.236 e. The second kappa shape index (κ2) is 6.14. The Morgan fingerprint density at radius 3 is 2.58 bits per heavy atom. The highest BCUT2D eigenvalue weighted by Crippen LogP contribution is 1.74. The number of nitrogens with two attached hydrogens (primary N) is 1. The Balaban J connectivity index is 3.33. The zero-order valence-corrected chi connectivity index (χ0v) is 6.50. The Morgan fingerprint density at radius 2 is 2.08 bits per heavy atom. The molecule has 6 heteroatoms. The average Bonchev–Trinajstić information content (AvgIpc) is 2.01. The van der Waals surface area contributed by atoms with Gasteiger partial charge >= 0.3 is 0 Å². The van der Waals surface area contributed by atoms with Gasteiger partial charge < -0.3 is 16.4 Å². The first-order valence-electron chi connectivity index (χ1n) is 3.39. The summed E-state index contributed by atoms with van der Waals surface area (Å²) in [6.07, 6.45) is 0.646. The van der Waals surface area contributed by atoms with Crippen molar-refractivity contribution in [3.05, 3.63) is 0 Å². The number of carbonyl (C=O) groups excluding carboxylic acids is 3. The summed E-state index contributed by atoms with van der Waals surface area (Å²) in [5.41, 5.74) is 4.77. The lowest BCUT2D eigenvalue weighted by molar-refractivity contribution is -0.124. The van der Waals surface area contributed by atoms with Gasteiger partial charge in [0.1, 0.15) is 0 Å². The predicted molar refractivity (Wildman–Crippen MR) is 40.9 cm³/mol. The van der Waals surface area contributed by atoms with Crippen LogP contribution in [0.3, 0.4) is 0 Å². The van der Waals surface area contributed by atoms with Crippen LogP contribution in [0.5, 0.6) is 0 Å². The largest absolute Gasteiger partial charge is 0.368 e. The third kappa shape index (κ3) is 6.53. The van der Waals surface area contributed by atoms with Crippen molar-refractivity contribution in [2.45, 2.75) is 6.42 Å². The zero-order valence-electron chi connectivity index (χ0n) is 6.50. The standard InChI is InChI=1S/C6H11N3O3/c7-5(11)3-9-6(12)1-2-8-4-10/h4H,1-3H2,(H2,7,11)(H,8,10)(H,9,12). The highest BCUT2D eigenvalue weighted by atomic mass is 16.2. The van der Waals surface area contributed by atoms with Crippen molar-refractivity contribution < 1.29 is 14.4 Å². The lowest BCUT2D eigenvalue weighted by Crippen LogP contribution is -2.34. The average molecular weight is 173 g/mol. The highest BCUT2D eigenvalue weighted by molar-refractivity contribution is 5.83. The Morgan fingerprint density at radius 1 is 1.42 bits per heavy atom. The monoisotopic (exact) mass is 173 g/mol. The predicted octanol–water partition coefficient (Wildman–Crippen LogP) is -2.28. The van der Waals surface area contributed by atoms with E-state index in [4.69, 9.17) is 5.73 Å². The van der Waals surface area contributed by atoms with Crippen LogP contribution in [-0.2, 0) is 14.4 Å². The quantitative estimate of drug-likeness (QED) is 0.311. The molecule has 0 saturated carbocycles. The van der Waals surface area contributed by atoms with Gasteiger partial charge in [0.15, 0.2) is 0 Å². The minimum Gasteiger partial charge on any atom is -0.368 e. The molecule has 3 amide bonds. The normalized spacial score (nSPS) is 8.67. The first-order chi connectivity index (χ1) is 5.66. The Bertz CT molecular complexity index is 181. The van der Waals surface area contributed by atoms with Crippen LogP contribution < -0.4 is 16.4 Å². The topological polar surface area (TPSA) is 101 Å². The van der Waals surface area contributed by atoms with Gasteiger partial charge in [-0.3, -0.25) is 14.4 Å². The van der Waals surface area contributed by atoms with Crippen LogP contribution >= 0.6 is 0 Å². The number of hydrogen-bond donors (Lipinski definition) is 3. The van der Waals surface area contributed by atoms with Crippen molar-refractivity contribution in [3.8, 4) is 0 Å². The molecule has 6 nitrogen and oxygen atoms in total. The van der Waals surface area contributed by atoms with Gasteiger partial charge in [-0.05, 0) is 0 Å². The van der Waals surface area contributed by atoms with Gasteiger partial charge in [-0.2, -0.15) is 0 Å². The van der Waals surface area contributed by atoms with E-state index in [2.05, 4.69) is 10.6 Å². The molecule has 0 aromatic carbocycles. The van der Waals surface area contributed by atoms with E-state index >= 15 is 0 Å². The lowest BCUT2D eigenvalue weighted by atomic mass is 10.4. The van der Waals surface area contributed by atoms with Gasteiger partial charge in [0.05, 0.1) is 6.54 Å². The van der Waals surface area contributed by atoms with Crippen molar-refractivity contribution in [2.24, 2.45) is 5.73 Å². The van der Waals surface area contributed by atoms with E-state index in [0.717, 1.165) is 0 Å². The molecular weight excluding hydrogens is 162 g/mol. The van der Waals surface area contributed by atoms with Gasteiger partial charge in [0, 0.05) is 13.0 Å². The number of hydrogen-bond acceptors (Lipinski definition) is 3. The number of nitrogens with one attached hydrogen (secondary N) is 2.